The van der Waals surface area contributed by atoms with Gasteiger partial charge in [0.2, 0.25) is 0 Å². The van der Waals surface area contributed by atoms with Crippen molar-refractivity contribution in [1.82, 2.24) is 5.01 Å². The molecule has 2 saturated heterocycles. The number of hydrogen-bond donors (Lipinski definition) is 2. The van der Waals surface area contributed by atoms with Gasteiger partial charge in [-0.2, -0.15) is 0 Å². The second kappa shape index (κ2) is 2.73. The first kappa shape index (κ1) is 7.53. The van der Waals surface area contributed by atoms with Crippen molar-refractivity contribution in [3.05, 3.63) is 0 Å². The van der Waals surface area contributed by atoms with Gasteiger partial charge in [-0.3, -0.25) is 5.84 Å². The van der Waals surface area contributed by atoms with Crippen LogP contribution in [0.5, 0.6) is 0 Å². The molecule has 0 aromatic carbocycles. The molecule has 0 aromatic rings. The van der Waals surface area contributed by atoms with Gasteiger partial charge in [0.1, 0.15) is 0 Å². The molecule has 0 aliphatic carbocycles. The number of aliphatic hydroxyl groups is 1. The minimum absolute atomic E-state index is 0.0925. The van der Waals surface area contributed by atoms with E-state index in [1.165, 1.54) is 19.3 Å². The standard InChI is InChI=1S/C8H16N2O/c9-10-6-2-1-3-7(10)5-8(11)4-6/h6-8,11H,1-5,9H2/t6-,7+,8?. The highest BCUT2D eigenvalue weighted by molar-refractivity contribution is 4.89. The molecule has 3 nitrogen and oxygen atoms in total. The number of nitrogens with two attached hydrogens (primary N) is 1. The minimum Gasteiger partial charge on any atom is -0.393 e. The average molecular weight is 156 g/mol. The lowest BCUT2D eigenvalue weighted by atomic mass is 9.84. The van der Waals surface area contributed by atoms with Gasteiger partial charge in [0.25, 0.3) is 0 Å². The van der Waals surface area contributed by atoms with E-state index < -0.39 is 0 Å². The Labute approximate surface area is 67.1 Å². The molecule has 11 heavy (non-hydrogen) atoms. The van der Waals surface area contributed by atoms with E-state index in [1.807, 2.05) is 5.01 Å². The molecule has 2 bridgehead atoms. The summed E-state index contributed by atoms with van der Waals surface area (Å²) < 4.78 is 0. The second-order valence-electron chi connectivity index (χ2n) is 3.81. The lowest BCUT2D eigenvalue weighted by Crippen LogP contribution is -2.56. The van der Waals surface area contributed by atoms with Crippen molar-refractivity contribution >= 4 is 0 Å². The highest BCUT2D eigenvalue weighted by Crippen LogP contribution is 2.31. The first-order valence-corrected chi connectivity index (χ1v) is 4.48. The molecular formula is C8H16N2O. The van der Waals surface area contributed by atoms with Gasteiger partial charge >= 0.3 is 0 Å². The minimum atomic E-state index is -0.0925. The Bertz CT molecular complexity index is 137. The third-order valence-corrected chi connectivity index (χ3v) is 3.01. The first-order chi connectivity index (χ1) is 5.27. The predicted octanol–water partition coefficient (Wildman–Crippen LogP) is 0.238. The topological polar surface area (TPSA) is 49.5 Å². The molecule has 2 heterocycles. The third kappa shape index (κ3) is 1.28. The average Bonchev–Trinajstić information content (AvgIpc) is 1.92. The van der Waals surface area contributed by atoms with Crippen LogP contribution in [-0.2, 0) is 0 Å². The highest BCUT2D eigenvalue weighted by Gasteiger charge is 2.35. The molecular weight excluding hydrogens is 140 g/mol. The summed E-state index contributed by atoms with van der Waals surface area (Å²) in [6.07, 6.45) is 5.30. The van der Waals surface area contributed by atoms with Crippen LogP contribution in [-0.4, -0.2) is 28.3 Å². The lowest BCUT2D eigenvalue weighted by molar-refractivity contribution is -0.0270. The van der Waals surface area contributed by atoms with Crippen molar-refractivity contribution in [2.24, 2.45) is 5.84 Å². The summed E-state index contributed by atoms with van der Waals surface area (Å²) in [5.74, 6) is 5.87. The molecule has 2 aliphatic heterocycles. The molecule has 1 unspecified atom stereocenters. The van der Waals surface area contributed by atoms with Gasteiger partial charge < -0.3 is 5.11 Å². The lowest BCUT2D eigenvalue weighted by Gasteiger charge is -2.44. The summed E-state index contributed by atoms with van der Waals surface area (Å²) in [4.78, 5) is 0. The largest absolute Gasteiger partial charge is 0.393 e. The maximum absolute atomic E-state index is 9.45. The van der Waals surface area contributed by atoms with Crippen LogP contribution in [0.4, 0.5) is 0 Å². The molecule has 3 heteroatoms. The van der Waals surface area contributed by atoms with Gasteiger partial charge in [0.15, 0.2) is 0 Å². The number of hydrazine groups is 1. The molecule has 3 atom stereocenters. The van der Waals surface area contributed by atoms with E-state index in [0.717, 1.165) is 12.8 Å². The van der Waals surface area contributed by atoms with Crippen molar-refractivity contribution in [3.8, 4) is 0 Å². The zero-order chi connectivity index (χ0) is 7.84. The Kier molecular flexibility index (Phi) is 1.87. The fourth-order valence-electron chi connectivity index (χ4n) is 2.39. The zero-order valence-electron chi connectivity index (χ0n) is 6.74. The van der Waals surface area contributed by atoms with Crippen molar-refractivity contribution in [2.75, 3.05) is 0 Å². The van der Waals surface area contributed by atoms with Crippen LogP contribution < -0.4 is 5.84 Å². The maximum Gasteiger partial charge on any atom is 0.0571 e. The Morgan fingerprint density at radius 2 is 1.73 bits per heavy atom. The Hall–Kier alpha value is -0.120. The van der Waals surface area contributed by atoms with Gasteiger partial charge in [0.05, 0.1) is 6.10 Å². The van der Waals surface area contributed by atoms with Crippen molar-refractivity contribution in [3.63, 3.8) is 0 Å². The summed E-state index contributed by atoms with van der Waals surface area (Å²) >= 11 is 0. The van der Waals surface area contributed by atoms with Crippen molar-refractivity contribution in [2.45, 2.75) is 50.3 Å². The fourth-order valence-corrected chi connectivity index (χ4v) is 2.39. The number of fused-ring (bicyclic) bond motifs is 2. The molecule has 0 radical (unpaired) electrons. The van der Waals surface area contributed by atoms with E-state index in [2.05, 4.69) is 0 Å². The van der Waals surface area contributed by atoms with Crippen LogP contribution in [0.3, 0.4) is 0 Å². The van der Waals surface area contributed by atoms with E-state index in [0.29, 0.717) is 12.1 Å². The van der Waals surface area contributed by atoms with Gasteiger partial charge in [-0.1, -0.05) is 6.42 Å². The molecule has 3 N–H and O–H groups in total. The molecule has 0 amide bonds. The quantitative estimate of drug-likeness (QED) is 0.494. The first-order valence-electron chi connectivity index (χ1n) is 4.48. The summed E-state index contributed by atoms with van der Waals surface area (Å²) in [5.41, 5.74) is 0. The Morgan fingerprint density at radius 3 is 2.27 bits per heavy atom. The number of piperidine rings is 2. The van der Waals surface area contributed by atoms with Gasteiger partial charge in [-0.15, -0.1) is 0 Å². The van der Waals surface area contributed by atoms with Gasteiger partial charge in [-0.25, -0.2) is 5.01 Å². The molecule has 0 spiro atoms. The molecule has 0 saturated carbocycles. The molecule has 0 aromatic heterocycles. The van der Waals surface area contributed by atoms with Crippen LogP contribution in [0.1, 0.15) is 32.1 Å². The number of aliphatic hydroxyl groups excluding tert-OH is 1. The number of nitrogens with zero attached hydrogens (tertiary/aromatic N) is 1. The highest BCUT2D eigenvalue weighted by atomic mass is 16.3. The SMILES string of the molecule is NN1[C@@H]2CCC[C@H]1CC(O)C2. The van der Waals surface area contributed by atoms with Crippen LogP contribution in [0, 0.1) is 0 Å². The smallest absolute Gasteiger partial charge is 0.0571 e. The van der Waals surface area contributed by atoms with Crippen molar-refractivity contribution in [1.29, 1.82) is 0 Å². The van der Waals surface area contributed by atoms with E-state index in [-0.39, 0.29) is 6.10 Å². The van der Waals surface area contributed by atoms with Crippen LogP contribution in [0.15, 0.2) is 0 Å². The second-order valence-corrected chi connectivity index (χ2v) is 3.81. The summed E-state index contributed by atoms with van der Waals surface area (Å²) in [5, 5.41) is 11.4. The maximum atomic E-state index is 9.45. The van der Waals surface area contributed by atoms with Crippen LogP contribution in [0.25, 0.3) is 0 Å². The number of rotatable bonds is 0. The zero-order valence-corrected chi connectivity index (χ0v) is 6.74. The van der Waals surface area contributed by atoms with Crippen molar-refractivity contribution < 1.29 is 5.11 Å². The van der Waals surface area contributed by atoms with E-state index in [9.17, 15) is 5.11 Å². The summed E-state index contributed by atoms with van der Waals surface area (Å²) in [6.45, 7) is 0. The van der Waals surface area contributed by atoms with Gasteiger partial charge in [-0.05, 0) is 25.7 Å². The monoisotopic (exact) mass is 156 g/mol. The van der Waals surface area contributed by atoms with Crippen LogP contribution >= 0.6 is 0 Å². The Balaban J connectivity index is 2.07. The van der Waals surface area contributed by atoms with E-state index in [4.69, 9.17) is 5.84 Å². The fraction of sp³-hybridized carbons (Fsp3) is 1.00. The third-order valence-electron chi connectivity index (χ3n) is 3.01. The molecule has 2 fully saturated rings. The summed E-state index contributed by atoms with van der Waals surface area (Å²) in [7, 11) is 0. The normalized spacial score (nSPS) is 45.8. The molecule has 64 valence electrons. The van der Waals surface area contributed by atoms with E-state index in [1.54, 1.807) is 0 Å². The molecule has 2 rings (SSSR count). The summed E-state index contributed by atoms with van der Waals surface area (Å²) in [6, 6.07) is 0.912. The molecule has 2 aliphatic rings. The Morgan fingerprint density at radius 1 is 1.18 bits per heavy atom. The van der Waals surface area contributed by atoms with Crippen LogP contribution in [0.2, 0.25) is 0 Å². The predicted molar refractivity (Wildman–Crippen MR) is 42.7 cm³/mol. The number of hydrogen-bond acceptors (Lipinski definition) is 3. The van der Waals surface area contributed by atoms with E-state index >= 15 is 0 Å². The van der Waals surface area contributed by atoms with Gasteiger partial charge in [0, 0.05) is 12.1 Å².